The second-order valence-electron chi connectivity index (χ2n) is 8.17. The molecule has 0 atom stereocenters. The number of carbonyl (C=O) groups is 4. The van der Waals surface area contributed by atoms with E-state index in [1.54, 1.807) is 19.1 Å². The standard InChI is InChI=1S/C28H23ClN2O8/c1-2-37-23-14-18(13-22(29)25(23)39-16-24(32)33)12-21-26(34)30-28(36)31(27(21)35)19-8-10-20(11-9-19)38-15-17-6-4-3-5-7-17/h3-14H,2,15-16H2,1H3,(H,32,33)(H,30,34,36)/b21-12+. The van der Waals surface area contributed by atoms with E-state index in [1.165, 1.54) is 30.3 Å². The summed E-state index contributed by atoms with van der Waals surface area (Å²) in [5, 5.41) is 11.1. The number of urea groups is 1. The molecule has 200 valence electrons. The average Bonchev–Trinajstić information content (AvgIpc) is 2.90. The molecule has 0 aromatic heterocycles. The first-order valence-corrected chi connectivity index (χ1v) is 12.1. The van der Waals surface area contributed by atoms with Gasteiger partial charge in [0, 0.05) is 0 Å². The Kier molecular flexibility index (Phi) is 8.47. The molecular formula is C28H23ClN2O8. The van der Waals surface area contributed by atoms with E-state index in [1.807, 2.05) is 30.3 Å². The Bertz CT molecular complexity index is 1440. The number of amides is 4. The van der Waals surface area contributed by atoms with Crippen LogP contribution in [0, 0.1) is 0 Å². The Morgan fingerprint density at radius 2 is 1.72 bits per heavy atom. The maximum absolute atomic E-state index is 13.3. The zero-order chi connectivity index (χ0) is 27.9. The van der Waals surface area contributed by atoms with E-state index in [2.05, 4.69) is 5.32 Å². The molecule has 10 nitrogen and oxygen atoms in total. The molecule has 0 saturated carbocycles. The number of nitrogens with one attached hydrogen (secondary N) is 1. The number of nitrogens with zero attached hydrogens (tertiary/aromatic N) is 1. The predicted molar refractivity (Wildman–Crippen MR) is 142 cm³/mol. The van der Waals surface area contributed by atoms with Crippen LogP contribution in [-0.2, 0) is 21.0 Å². The Balaban J connectivity index is 1.57. The fourth-order valence-electron chi connectivity index (χ4n) is 3.70. The van der Waals surface area contributed by atoms with Gasteiger partial charge in [0.25, 0.3) is 11.8 Å². The number of hydrogen-bond acceptors (Lipinski definition) is 7. The second kappa shape index (κ2) is 12.1. The quantitative estimate of drug-likeness (QED) is 0.280. The highest BCUT2D eigenvalue weighted by molar-refractivity contribution is 6.39. The predicted octanol–water partition coefficient (Wildman–Crippen LogP) is 4.45. The van der Waals surface area contributed by atoms with Crippen LogP contribution in [0.15, 0.2) is 72.3 Å². The van der Waals surface area contributed by atoms with Crippen molar-refractivity contribution < 1.29 is 38.5 Å². The van der Waals surface area contributed by atoms with Gasteiger partial charge in [-0.1, -0.05) is 41.9 Å². The summed E-state index contributed by atoms with van der Waals surface area (Å²) in [7, 11) is 0. The van der Waals surface area contributed by atoms with Crippen molar-refractivity contribution in [2.45, 2.75) is 13.5 Å². The Labute approximate surface area is 228 Å². The van der Waals surface area contributed by atoms with E-state index in [-0.39, 0.29) is 34.4 Å². The van der Waals surface area contributed by atoms with Crippen LogP contribution < -0.4 is 24.4 Å². The minimum atomic E-state index is -1.20. The van der Waals surface area contributed by atoms with Gasteiger partial charge in [-0.25, -0.2) is 14.5 Å². The third-order valence-corrected chi connectivity index (χ3v) is 5.71. The summed E-state index contributed by atoms with van der Waals surface area (Å²) in [5.41, 5.74) is 1.18. The maximum atomic E-state index is 13.3. The molecule has 0 radical (unpaired) electrons. The number of barbiturate groups is 1. The average molecular weight is 551 g/mol. The summed E-state index contributed by atoms with van der Waals surface area (Å²) in [5.74, 6) is -2.27. The number of aliphatic carboxylic acids is 1. The highest BCUT2D eigenvalue weighted by Crippen LogP contribution is 2.37. The normalized spacial score (nSPS) is 14.3. The van der Waals surface area contributed by atoms with E-state index >= 15 is 0 Å². The number of anilines is 1. The molecule has 1 heterocycles. The third-order valence-electron chi connectivity index (χ3n) is 5.43. The molecule has 3 aromatic rings. The molecule has 0 unspecified atom stereocenters. The SMILES string of the molecule is CCOc1cc(/C=C2\C(=O)NC(=O)N(c3ccc(OCc4ccccc4)cc3)C2=O)cc(Cl)c1OCC(=O)O. The van der Waals surface area contributed by atoms with Crippen LogP contribution in [0.25, 0.3) is 6.08 Å². The first-order chi connectivity index (χ1) is 18.8. The monoisotopic (exact) mass is 550 g/mol. The number of hydrogen-bond donors (Lipinski definition) is 2. The van der Waals surface area contributed by atoms with Crippen LogP contribution in [0.4, 0.5) is 10.5 Å². The summed E-state index contributed by atoms with van der Waals surface area (Å²) in [6.45, 7) is 1.62. The lowest BCUT2D eigenvalue weighted by molar-refractivity contribution is -0.139. The zero-order valence-corrected chi connectivity index (χ0v) is 21.4. The van der Waals surface area contributed by atoms with Crippen LogP contribution in [-0.4, -0.2) is 42.1 Å². The molecule has 1 aliphatic heterocycles. The molecular weight excluding hydrogens is 528 g/mol. The summed E-state index contributed by atoms with van der Waals surface area (Å²) >= 11 is 6.28. The van der Waals surface area contributed by atoms with Crippen molar-refractivity contribution in [1.29, 1.82) is 0 Å². The van der Waals surface area contributed by atoms with Crippen LogP contribution in [0.1, 0.15) is 18.1 Å². The number of rotatable bonds is 10. The van der Waals surface area contributed by atoms with Crippen molar-refractivity contribution in [2.24, 2.45) is 0 Å². The molecule has 39 heavy (non-hydrogen) atoms. The Hall–Kier alpha value is -4.83. The molecule has 11 heteroatoms. The minimum Gasteiger partial charge on any atom is -0.490 e. The first kappa shape index (κ1) is 27.2. The fraction of sp³-hybridized carbons (Fsp3) is 0.143. The molecule has 1 fully saturated rings. The molecule has 0 spiro atoms. The number of carboxylic acids is 1. The van der Waals surface area contributed by atoms with Crippen molar-refractivity contribution in [3.63, 3.8) is 0 Å². The first-order valence-electron chi connectivity index (χ1n) is 11.8. The Morgan fingerprint density at radius 3 is 2.38 bits per heavy atom. The minimum absolute atomic E-state index is 0.00821. The van der Waals surface area contributed by atoms with Gasteiger partial charge >= 0.3 is 12.0 Å². The largest absolute Gasteiger partial charge is 0.490 e. The third kappa shape index (κ3) is 6.55. The van der Waals surface area contributed by atoms with Gasteiger partial charge in [0.2, 0.25) is 0 Å². The Morgan fingerprint density at radius 1 is 1.00 bits per heavy atom. The number of ether oxygens (including phenoxy) is 3. The van der Waals surface area contributed by atoms with Crippen LogP contribution in [0.2, 0.25) is 5.02 Å². The molecule has 1 aliphatic rings. The van der Waals surface area contributed by atoms with E-state index in [4.69, 9.17) is 30.9 Å². The smallest absolute Gasteiger partial charge is 0.341 e. The molecule has 4 rings (SSSR count). The number of carbonyl (C=O) groups excluding carboxylic acids is 3. The highest BCUT2D eigenvalue weighted by Gasteiger charge is 2.37. The van der Waals surface area contributed by atoms with Crippen molar-refractivity contribution >= 4 is 47.2 Å². The summed E-state index contributed by atoms with van der Waals surface area (Å²) < 4.78 is 16.5. The van der Waals surface area contributed by atoms with Crippen molar-refractivity contribution in [1.82, 2.24) is 5.32 Å². The van der Waals surface area contributed by atoms with Gasteiger partial charge in [-0.15, -0.1) is 0 Å². The van der Waals surface area contributed by atoms with Gasteiger partial charge in [-0.05, 0) is 60.5 Å². The van der Waals surface area contributed by atoms with Gasteiger partial charge in [-0.2, -0.15) is 0 Å². The van der Waals surface area contributed by atoms with E-state index in [0.29, 0.717) is 17.9 Å². The molecule has 3 aromatic carbocycles. The number of carboxylic acid groups (broad SMARTS) is 1. The second-order valence-corrected chi connectivity index (χ2v) is 8.58. The topological polar surface area (TPSA) is 131 Å². The van der Waals surface area contributed by atoms with Crippen LogP contribution in [0.3, 0.4) is 0 Å². The highest BCUT2D eigenvalue weighted by atomic mass is 35.5. The van der Waals surface area contributed by atoms with Crippen molar-refractivity contribution in [3.05, 3.63) is 88.5 Å². The number of benzene rings is 3. The number of imide groups is 2. The summed E-state index contributed by atoms with van der Waals surface area (Å²) in [4.78, 5) is 50.2. The number of halogens is 1. The van der Waals surface area contributed by atoms with Crippen LogP contribution >= 0.6 is 11.6 Å². The fourth-order valence-corrected chi connectivity index (χ4v) is 3.97. The maximum Gasteiger partial charge on any atom is 0.341 e. The molecule has 1 saturated heterocycles. The van der Waals surface area contributed by atoms with E-state index in [0.717, 1.165) is 10.5 Å². The molecule has 2 N–H and O–H groups in total. The lowest BCUT2D eigenvalue weighted by Crippen LogP contribution is -2.54. The van der Waals surface area contributed by atoms with Gasteiger partial charge in [-0.3, -0.25) is 14.9 Å². The lowest BCUT2D eigenvalue weighted by Gasteiger charge is -2.26. The van der Waals surface area contributed by atoms with Gasteiger partial charge in [0.15, 0.2) is 18.1 Å². The van der Waals surface area contributed by atoms with Crippen molar-refractivity contribution in [2.75, 3.05) is 18.1 Å². The van der Waals surface area contributed by atoms with Crippen molar-refractivity contribution in [3.8, 4) is 17.2 Å². The van der Waals surface area contributed by atoms with E-state index < -0.39 is 30.4 Å². The molecule has 0 bridgehead atoms. The van der Waals surface area contributed by atoms with Gasteiger partial charge < -0.3 is 19.3 Å². The molecule has 4 amide bonds. The van der Waals surface area contributed by atoms with Crippen LogP contribution in [0.5, 0.6) is 17.2 Å². The molecule has 0 aliphatic carbocycles. The summed E-state index contributed by atoms with van der Waals surface area (Å²) in [6, 6.07) is 17.8. The summed E-state index contributed by atoms with van der Waals surface area (Å²) in [6.07, 6.45) is 1.25. The zero-order valence-electron chi connectivity index (χ0n) is 20.7. The van der Waals surface area contributed by atoms with E-state index in [9.17, 15) is 19.2 Å². The lowest BCUT2D eigenvalue weighted by atomic mass is 10.1. The van der Waals surface area contributed by atoms with Gasteiger partial charge in [0.1, 0.15) is 17.9 Å². The van der Waals surface area contributed by atoms with Gasteiger partial charge in [0.05, 0.1) is 17.3 Å².